The number of nitrogens with one attached hydrogen (secondary N) is 2. The minimum absolute atomic E-state index is 0.0448. The van der Waals surface area contributed by atoms with E-state index in [1.54, 1.807) is 0 Å². The lowest BCUT2D eigenvalue weighted by molar-refractivity contribution is -0.123. The van der Waals surface area contributed by atoms with Crippen LogP contribution in [0.4, 0.5) is 0 Å². The molecule has 2 atom stereocenters. The number of ether oxygens (including phenoxy) is 2. The molecule has 14 N–H and O–H groups in total. The average Bonchev–Trinajstić information content (AvgIpc) is 2.96. The van der Waals surface area contributed by atoms with Crippen LogP contribution in [0.15, 0.2) is 22.1 Å². The molecular weight excluding hydrogens is 580 g/mol. The molecule has 0 saturated heterocycles. The van der Waals surface area contributed by atoms with E-state index in [1.807, 2.05) is 12.1 Å². The Bertz CT molecular complexity index is 942. The lowest BCUT2D eigenvalue weighted by atomic mass is 10.1. The molecule has 1 rings (SSSR count). The quantitative estimate of drug-likeness (QED) is 0.0327. The first-order valence-electron chi connectivity index (χ1n) is 13.9. The molecule has 238 valence electrons. The second-order valence-corrected chi connectivity index (χ2v) is 10.1. The lowest BCUT2D eigenvalue weighted by Crippen LogP contribution is -2.42. The highest BCUT2D eigenvalue weighted by Crippen LogP contribution is 2.32. The van der Waals surface area contributed by atoms with Crippen molar-refractivity contribution in [3.63, 3.8) is 0 Å². The van der Waals surface area contributed by atoms with Gasteiger partial charge in [-0.25, -0.2) is 0 Å². The maximum Gasteiger partial charge on any atom is 0.237 e. The van der Waals surface area contributed by atoms with Gasteiger partial charge in [-0.3, -0.25) is 19.6 Å². The van der Waals surface area contributed by atoms with Crippen molar-refractivity contribution in [2.24, 2.45) is 44.4 Å². The van der Waals surface area contributed by atoms with Gasteiger partial charge in [0.15, 0.2) is 23.4 Å². The smallest absolute Gasteiger partial charge is 0.237 e. The van der Waals surface area contributed by atoms with Crippen molar-refractivity contribution in [2.75, 3.05) is 39.4 Å². The van der Waals surface area contributed by atoms with Crippen LogP contribution in [0, 0.1) is 0 Å². The van der Waals surface area contributed by atoms with Crippen molar-refractivity contribution < 1.29 is 19.1 Å². The van der Waals surface area contributed by atoms with Crippen molar-refractivity contribution in [1.29, 1.82) is 0 Å². The van der Waals surface area contributed by atoms with E-state index in [-0.39, 0.29) is 50.0 Å². The Labute approximate surface area is 259 Å². The number of thiol groups is 2. The molecule has 2 amide bonds. The highest BCUT2D eigenvalue weighted by Gasteiger charge is 2.15. The third kappa shape index (κ3) is 15.8. The summed E-state index contributed by atoms with van der Waals surface area (Å²) in [4.78, 5) is 32.4. The van der Waals surface area contributed by atoms with Crippen LogP contribution in [0.25, 0.3) is 0 Å². The Kier molecular flexibility index (Phi) is 19.0. The van der Waals surface area contributed by atoms with E-state index in [4.69, 9.17) is 43.9 Å². The van der Waals surface area contributed by atoms with Gasteiger partial charge in [0.25, 0.3) is 0 Å². The number of carbonyl (C=O) groups is 2. The summed E-state index contributed by atoms with van der Waals surface area (Å²) in [5.41, 5.74) is 35.0. The van der Waals surface area contributed by atoms with Gasteiger partial charge >= 0.3 is 0 Å². The maximum absolute atomic E-state index is 12.3. The predicted molar refractivity (Wildman–Crippen MR) is 174 cm³/mol. The first kappa shape index (κ1) is 36.9. The molecule has 0 saturated carbocycles. The second kappa shape index (κ2) is 21.6. The van der Waals surface area contributed by atoms with Crippen LogP contribution in [0.3, 0.4) is 0 Å². The molecule has 0 heterocycles. The zero-order valence-corrected chi connectivity index (χ0v) is 25.9. The van der Waals surface area contributed by atoms with E-state index in [0.29, 0.717) is 48.9 Å². The summed E-state index contributed by atoms with van der Waals surface area (Å²) >= 11 is 8.80. The Morgan fingerprint density at radius 2 is 1.10 bits per heavy atom. The number of rotatable bonds is 22. The van der Waals surface area contributed by atoms with Crippen molar-refractivity contribution in [1.82, 2.24) is 10.6 Å². The second-order valence-electron chi connectivity index (χ2n) is 9.48. The predicted octanol–water partition coefficient (Wildman–Crippen LogP) is -0.922. The lowest BCUT2D eigenvalue weighted by Gasteiger charge is -2.18. The Morgan fingerprint density at radius 3 is 1.43 bits per heavy atom. The van der Waals surface area contributed by atoms with Gasteiger partial charge in [-0.2, -0.15) is 25.3 Å². The van der Waals surface area contributed by atoms with Crippen LogP contribution >= 0.6 is 25.3 Å². The molecule has 1 aromatic carbocycles. The molecular formula is C26H48N10O4S2. The molecule has 0 aliphatic heterocycles. The highest BCUT2D eigenvalue weighted by atomic mass is 32.1. The Balaban J connectivity index is 2.53. The molecule has 0 fully saturated rings. The van der Waals surface area contributed by atoms with E-state index in [0.717, 1.165) is 36.8 Å². The standard InChI is InChI=1S/C26H48N10O4S2/c27-19(5-1-3-7-35-25(29)30)23(37)33-9-11-39-21-13-17(15-41)18(16-42)14-22(21)40-12-10-34-24(38)20(28)6-2-4-8-36-26(31)32/h13-14,19-20,41-42H,1-12,15-16,27-28H2,(H,33,37)(H,34,38)(H4,29,30,35)(H4,31,32,36)/t19-,20-/m1/s1. The van der Waals surface area contributed by atoms with Crippen molar-refractivity contribution >= 4 is 49.0 Å². The molecule has 0 radical (unpaired) electrons. The van der Waals surface area contributed by atoms with Gasteiger partial charge in [-0.15, -0.1) is 0 Å². The molecule has 1 aromatic rings. The zero-order valence-electron chi connectivity index (χ0n) is 24.1. The number of benzene rings is 1. The van der Waals surface area contributed by atoms with E-state index < -0.39 is 12.1 Å². The van der Waals surface area contributed by atoms with Gasteiger partial charge in [-0.1, -0.05) is 0 Å². The fourth-order valence-electron chi connectivity index (χ4n) is 3.73. The Morgan fingerprint density at radius 1 is 0.714 bits per heavy atom. The van der Waals surface area contributed by atoms with Crippen molar-refractivity contribution in [3.8, 4) is 11.5 Å². The maximum atomic E-state index is 12.3. The van der Waals surface area contributed by atoms with Crippen molar-refractivity contribution in [2.45, 2.75) is 62.1 Å². The van der Waals surface area contributed by atoms with Crippen LogP contribution in [-0.2, 0) is 21.1 Å². The van der Waals surface area contributed by atoms with Gasteiger partial charge in [0, 0.05) is 24.6 Å². The summed E-state index contributed by atoms with van der Waals surface area (Å²) < 4.78 is 11.9. The summed E-state index contributed by atoms with van der Waals surface area (Å²) in [5, 5.41) is 5.57. The molecule has 0 bridgehead atoms. The van der Waals surface area contributed by atoms with E-state index in [1.165, 1.54) is 0 Å². The van der Waals surface area contributed by atoms with Gasteiger partial charge in [-0.05, 0) is 61.8 Å². The van der Waals surface area contributed by atoms with Crippen LogP contribution in [-0.4, -0.2) is 75.2 Å². The summed E-state index contributed by atoms with van der Waals surface area (Å²) in [6.07, 6.45) is 3.95. The first-order valence-corrected chi connectivity index (χ1v) is 15.2. The highest BCUT2D eigenvalue weighted by molar-refractivity contribution is 7.79. The fraction of sp³-hybridized carbons (Fsp3) is 0.615. The van der Waals surface area contributed by atoms with Gasteiger partial charge in [0.1, 0.15) is 13.2 Å². The monoisotopic (exact) mass is 628 g/mol. The van der Waals surface area contributed by atoms with E-state index in [9.17, 15) is 9.59 Å². The van der Waals surface area contributed by atoms with Crippen LogP contribution in [0.5, 0.6) is 11.5 Å². The molecule has 0 aliphatic carbocycles. The van der Waals surface area contributed by atoms with Crippen LogP contribution in [0.1, 0.15) is 49.7 Å². The minimum Gasteiger partial charge on any atom is -0.488 e. The van der Waals surface area contributed by atoms with Gasteiger partial charge in [0.2, 0.25) is 11.8 Å². The van der Waals surface area contributed by atoms with Gasteiger partial charge in [0.05, 0.1) is 25.2 Å². The van der Waals surface area contributed by atoms with Crippen molar-refractivity contribution in [3.05, 3.63) is 23.3 Å². The van der Waals surface area contributed by atoms with E-state index >= 15 is 0 Å². The number of hydrogen-bond acceptors (Lipinski definition) is 10. The number of hydrogen-bond donors (Lipinski definition) is 10. The normalized spacial score (nSPS) is 12.1. The van der Waals surface area contributed by atoms with Crippen LogP contribution in [0.2, 0.25) is 0 Å². The third-order valence-electron chi connectivity index (χ3n) is 6.03. The molecule has 0 aliphatic rings. The fourth-order valence-corrected chi connectivity index (χ4v) is 4.32. The summed E-state index contributed by atoms with van der Waals surface area (Å²) in [6, 6.07) is 2.41. The van der Waals surface area contributed by atoms with Crippen LogP contribution < -0.4 is 54.5 Å². The Hall–Kier alpha value is -3.08. The summed E-state index contributed by atoms with van der Waals surface area (Å²) in [7, 11) is 0. The number of aliphatic imine (C=N–C) groups is 2. The largest absolute Gasteiger partial charge is 0.488 e. The zero-order chi connectivity index (χ0) is 31.3. The molecule has 0 spiro atoms. The number of nitrogens with zero attached hydrogens (tertiary/aromatic N) is 2. The molecule has 14 nitrogen and oxygen atoms in total. The van der Waals surface area contributed by atoms with E-state index in [2.05, 4.69) is 45.9 Å². The SMILES string of the molecule is NC(N)=NCCCC[C@@H](N)C(=O)NCCOc1cc(CS)c(CS)cc1OCCNC(=O)[C@H](N)CCCCN=C(N)N. The number of guanidine groups is 2. The molecule has 0 unspecified atom stereocenters. The molecule has 0 aromatic heterocycles. The first-order chi connectivity index (χ1) is 20.1. The molecule has 42 heavy (non-hydrogen) atoms. The topological polar surface area (TPSA) is 258 Å². The van der Waals surface area contributed by atoms with Gasteiger partial charge < -0.3 is 54.5 Å². The third-order valence-corrected chi connectivity index (χ3v) is 6.71. The number of unbranched alkanes of at least 4 members (excludes halogenated alkanes) is 2. The number of carbonyl (C=O) groups excluding carboxylic acids is 2. The number of amides is 2. The minimum atomic E-state index is -0.637. The molecule has 16 heteroatoms. The number of nitrogens with two attached hydrogens (primary N) is 6. The summed E-state index contributed by atoms with van der Waals surface area (Å²) in [6.45, 7) is 1.89. The summed E-state index contributed by atoms with van der Waals surface area (Å²) in [5.74, 6) is 1.52. The average molecular weight is 629 g/mol.